The van der Waals surface area contributed by atoms with Crippen LogP contribution in [0.1, 0.15) is 52.4 Å². The molecule has 1 atom stereocenters. The maximum Gasteiger partial charge on any atom is 0.323 e. The molecule has 1 aliphatic carbocycles. The molecule has 2 amide bonds. The van der Waals surface area contributed by atoms with Gasteiger partial charge in [-0.2, -0.15) is 0 Å². The van der Waals surface area contributed by atoms with E-state index in [4.69, 9.17) is 0 Å². The number of carbonyl (C=O) groups excluding carboxylic acids is 1. The summed E-state index contributed by atoms with van der Waals surface area (Å²) in [6.07, 6.45) is 9.22. The molecule has 2 saturated heterocycles. The van der Waals surface area contributed by atoms with Crippen molar-refractivity contribution in [1.29, 1.82) is 0 Å². The molecule has 7 heteroatoms. The summed E-state index contributed by atoms with van der Waals surface area (Å²) in [6.45, 7) is 9.37. The van der Waals surface area contributed by atoms with Gasteiger partial charge in [-0.1, -0.05) is 26.7 Å². The largest absolute Gasteiger partial charge is 0.354 e. The molecule has 7 nitrogen and oxygen atoms in total. The summed E-state index contributed by atoms with van der Waals surface area (Å²) in [7, 11) is 0. The molecule has 1 aromatic heterocycles. The van der Waals surface area contributed by atoms with Crippen molar-refractivity contribution in [2.75, 3.05) is 42.9 Å². The lowest BCUT2D eigenvalue weighted by Crippen LogP contribution is -2.50. The van der Waals surface area contributed by atoms with E-state index in [0.717, 1.165) is 57.4 Å². The average Bonchev–Trinajstić information content (AvgIpc) is 3.40. The molecule has 2 aliphatic heterocycles. The fourth-order valence-corrected chi connectivity index (χ4v) is 5.09. The molecule has 3 fully saturated rings. The number of anilines is 2. The van der Waals surface area contributed by atoms with Gasteiger partial charge in [0, 0.05) is 50.9 Å². The van der Waals surface area contributed by atoms with Crippen molar-refractivity contribution in [2.45, 2.75) is 64.5 Å². The number of amides is 2. The summed E-state index contributed by atoms with van der Waals surface area (Å²) >= 11 is 0. The highest BCUT2D eigenvalue weighted by molar-refractivity contribution is 5.89. The standard InChI is InChI=1S/C21H34N6O/c1-16(2)18-8-5-9-27(18)21(28)24-19-14-20(23-15-22-19)26-12-10-25(11-13-26)17-6-3-4-7-17/h14-18H,3-13H2,1-2H3,(H,22,23,24,28). The number of carbonyl (C=O) groups is 1. The summed E-state index contributed by atoms with van der Waals surface area (Å²) < 4.78 is 0. The Hall–Kier alpha value is -1.89. The van der Waals surface area contributed by atoms with Crippen LogP contribution in [0.25, 0.3) is 0 Å². The molecule has 0 spiro atoms. The normalized spacial score (nSPS) is 24.3. The minimum absolute atomic E-state index is 0.0353. The number of nitrogens with zero attached hydrogens (tertiary/aromatic N) is 5. The summed E-state index contributed by atoms with van der Waals surface area (Å²) in [5.74, 6) is 1.99. The second kappa shape index (κ2) is 8.64. The van der Waals surface area contributed by atoms with Crippen molar-refractivity contribution < 1.29 is 4.79 Å². The highest BCUT2D eigenvalue weighted by Gasteiger charge is 2.31. The SMILES string of the molecule is CC(C)C1CCCN1C(=O)Nc1cc(N2CCN(C3CCCC3)CC2)ncn1. The van der Waals surface area contributed by atoms with E-state index in [9.17, 15) is 4.79 Å². The Balaban J connectivity index is 1.35. The average molecular weight is 387 g/mol. The first kappa shape index (κ1) is 19.4. The molecule has 0 bridgehead atoms. The van der Waals surface area contributed by atoms with Crippen LogP contribution in [0.4, 0.5) is 16.4 Å². The van der Waals surface area contributed by atoms with Crippen LogP contribution >= 0.6 is 0 Å². The van der Waals surface area contributed by atoms with Gasteiger partial charge in [-0.3, -0.25) is 10.2 Å². The lowest BCUT2D eigenvalue weighted by atomic mass is 10.0. The Morgan fingerprint density at radius 1 is 1.04 bits per heavy atom. The molecule has 3 aliphatic rings. The molecule has 1 saturated carbocycles. The van der Waals surface area contributed by atoms with Gasteiger partial charge in [-0.15, -0.1) is 0 Å². The molecule has 1 N–H and O–H groups in total. The Morgan fingerprint density at radius 2 is 1.79 bits per heavy atom. The summed E-state index contributed by atoms with van der Waals surface area (Å²) in [5.41, 5.74) is 0. The van der Waals surface area contributed by atoms with Crippen LogP contribution in [0.2, 0.25) is 0 Å². The molecule has 1 aromatic rings. The number of hydrogen-bond acceptors (Lipinski definition) is 5. The number of hydrogen-bond donors (Lipinski definition) is 1. The van der Waals surface area contributed by atoms with Crippen molar-refractivity contribution in [1.82, 2.24) is 19.8 Å². The second-order valence-electron chi connectivity index (χ2n) is 8.80. The molecule has 28 heavy (non-hydrogen) atoms. The second-order valence-corrected chi connectivity index (χ2v) is 8.80. The number of aromatic nitrogens is 2. The fourth-order valence-electron chi connectivity index (χ4n) is 5.09. The quantitative estimate of drug-likeness (QED) is 0.861. The van der Waals surface area contributed by atoms with Crippen LogP contribution in [0.3, 0.4) is 0 Å². The van der Waals surface area contributed by atoms with Crippen LogP contribution in [-0.4, -0.2) is 70.6 Å². The van der Waals surface area contributed by atoms with Crippen LogP contribution in [-0.2, 0) is 0 Å². The molecular weight excluding hydrogens is 352 g/mol. The van der Waals surface area contributed by atoms with Gasteiger partial charge in [-0.25, -0.2) is 14.8 Å². The van der Waals surface area contributed by atoms with E-state index in [1.807, 2.05) is 11.0 Å². The third-order valence-electron chi connectivity index (χ3n) is 6.70. The van der Waals surface area contributed by atoms with Crippen molar-refractivity contribution in [2.24, 2.45) is 5.92 Å². The number of urea groups is 1. The monoisotopic (exact) mass is 386 g/mol. The first-order valence-electron chi connectivity index (χ1n) is 11.0. The molecule has 4 rings (SSSR count). The zero-order valence-corrected chi connectivity index (χ0v) is 17.3. The summed E-state index contributed by atoms with van der Waals surface area (Å²) in [6, 6.07) is 3.00. The Labute approximate surface area is 168 Å². The minimum atomic E-state index is -0.0353. The Kier molecular flexibility index (Phi) is 5.99. The van der Waals surface area contributed by atoms with Crippen LogP contribution in [0.5, 0.6) is 0 Å². The van der Waals surface area contributed by atoms with E-state index >= 15 is 0 Å². The van der Waals surface area contributed by atoms with Crippen LogP contribution in [0, 0.1) is 5.92 Å². The van der Waals surface area contributed by atoms with Crippen molar-refractivity contribution in [3.05, 3.63) is 12.4 Å². The zero-order chi connectivity index (χ0) is 19.5. The van der Waals surface area contributed by atoms with Gasteiger partial charge in [-0.05, 0) is 31.6 Å². The molecular formula is C21H34N6O. The van der Waals surface area contributed by atoms with Gasteiger partial charge >= 0.3 is 6.03 Å². The van der Waals surface area contributed by atoms with Crippen molar-refractivity contribution in [3.8, 4) is 0 Å². The van der Waals surface area contributed by atoms with E-state index in [1.54, 1.807) is 6.33 Å². The van der Waals surface area contributed by atoms with E-state index < -0.39 is 0 Å². The van der Waals surface area contributed by atoms with Gasteiger partial charge in [0.2, 0.25) is 0 Å². The van der Waals surface area contributed by atoms with E-state index in [2.05, 4.69) is 38.9 Å². The first-order valence-corrected chi connectivity index (χ1v) is 11.0. The van der Waals surface area contributed by atoms with Gasteiger partial charge in [0.15, 0.2) is 0 Å². The molecule has 0 aromatic carbocycles. The molecule has 154 valence electrons. The van der Waals surface area contributed by atoms with Gasteiger partial charge in [0.25, 0.3) is 0 Å². The summed E-state index contributed by atoms with van der Waals surface area (Å²) in [4.78, 5) is 28.4. The van der Waals surface area contributed by atoms with Crippen molar-refractivity contribution in [3.63, 3.8) is 0 Å². The maximum absolute atomic E-state index is 12.7. The highest BCUT2D eigenvalue weighted by atomic mass is 16.2. The molecule has 0 radical (unpaired) electrons. The zero-order valence-electron chi connectivity index (χ0n) is 17.3. The third kappa shape index (κ3) is 4.24. The van der Waals surface area contributed by atoms with E-state index in [0.29, 0.717) is 17.8 Å². The number of piperazine rings is 1. The van der Waals surface area contributed by atoms with Crippen LogP contribution in [0.15, 0.2) is 12.4 Å². The third-order valence-corrected chi connectivity index (χ3v) is 6.70. The summed E-state index contributed by atoms with van der Waals surface area (Å²) in [5, 5.41) is 3.00. The minimum Gasteiger partial charge on any atom is -0.354 e. The number of nitrogens with one attached hydrogen (secondary N) is 1. The Bertz CT molecular complexity index is 667. The van der Waals surface area contributed by atoms with E-state index in [1.165, 1.54) is 25.7 Å². The first-order chi connectivity index (χ1) is 13.6. The smallest absolute Gasteiger partial charge is 0.323 e. The lowest BCUT2D eigenvalue weighted by molar-refractivity contribution is 0.187. The van der Waals surface area contributed by atoms with Gasteiger partial charge < -0.3 is 9.80 Å². The topological polar surface area (TPSA) is 64.6 Å². The van der Waals surface area contributed by atoms with Gasteiger partial charge in [0.05, 0.1) is 0 Å². The van der Waals surface area contributed by atoms with Crippen molar-refractivity contribution >= 4 is 17.7 Å². The lowest BCUT2D eigenvalue weighted by Gasteiger charge is -2.38. The predicted molar refractivity (Wildman–Crippen MR) is 112 cm³/mol. The maximum atomic E-state index is 12.7. The molecule has 3 heterocycles. The van der Waals surface area contributed by atoms with E-state index in [-0.39, 0.29) is 6.03 Å². The van der Waals surface area contributed by atoms with Crippen LogP contribution < -0.4 is 10.2 Å². The number of likely N-dealkylation sites (tertiary alicyclic amines) is 1. The van der Waals surface area contributed by atoms with Gasteiger partial charge in [0.1, 0.15) is 18.0 Å². The molecule has 1 unspecified atom stereocenters. The number of rotatable bonds is 4. The fraction of sp³-hybridized carbons (Fsp3) is 0.762. The predicted octanol–water partition coefficient (Wildman–Crippen LogP) is 3.19. The highest BCUT2D eigenvalue weighted by Crippen LogP contribution is 2.26. The Morgan fingerprint density at radius 3 is 2.50 bits per heavy atom.